The first-order valence-corrected chi connectivity index (χ1v) is 6.48. The molecule has 0 saturated heterocycles. The molecule has 0 saturated carbocycles. The maximum absolute atomic E-state index is 13.3. The quantitative estimate of drug-likeness (QED) is 0.883. The summed E-state index contributed by atoms with van der Waals surface area (Å²) in [5.41, 5.74) is 7.19. The number of aromatic nitrogens is 1. The van der Waals surface area contributed by atoms with E-state index in [0.29, 0.717) is 24.3 Å². The van der Waals surface area contributed by atoms with E-state index < -0.39 is 11.6 Å². The molecule has 20 heavy (non-hydrogen) atoms. The fourth-order valence-corrected chi connectivity index (χ4v) is 2.19. The zero-order chi connectivity index (χ0) is 14.5. The molecule has 1 unspecified atom stereocenters. The van der Waals surface area contributed by atoms with Gasteiger partial charge in [-0.25, -0.2) is 13.8 Å². The number of nitrogen functional groups attached to an aromatic ring is 1. The molecule has 0 aliphatic carbocycles. The van der Waals surface area contributed by atoms with E-state index >= 15 is 0 Å². The van der Waals surface area contributed by atoms with Gasteiger partial charge in [0.25, 0.3) is 0 Å². The Morgan fingerprint density at radius 1 is 1.20 bits per heavy atom. The summed E-state index contributed by atoms with van der Waals surface area (Å²) in [6.07, 6.45) is 2.21. The Hall–Kier alpha value is -2.01. The number of nitrogens with zero attached hydrogens (tertiary/aromatic N) is 1. The van der Waals surface area contributed by atoms with Crippen molar-refractivity contribution in [3.63, 3.8) is 0 Å². The van der Waals surface area contributed by atoms with Gasteiger partial charge in [0.05, 0.1) is 0 Å². The van der Waals surface area contributed by atoms with Gasteiger partial charge in [-0.1, -0.05) is 6.92 Å². The van der Waals surface area contributed by atoms with Crippen LogP contribution in [0.3, 0.4) is 0 Å². The van der Waals surface area contributed by atoms with E-state index in [1.54, 1.807) is 12.3 Å². The third kappa shape index (κ3) is 3.74. The second kappa shape index (κ2) is 6.43. The molecule has 2 aromatic rings. The standard InChI is InChI=1S/C15H17F2N3/c1-2-19-14(5-10-3-4-20-15(18)6-10)11-7-12(16)9-13(17)8-11/h3-4,6-9,14,19H,2,5H2,1H3,(H2,18,20). The summed E-state index contributed by atoms with van der Waals surface area (Å²) < 4.78 is 26.7. The molecule has 2 rings (SSSR count). The van der Waals surface area contributed by atoms with Crippen LogP contribution in [0.15, 0.2) is 36.5 Å². The van der Waals surface area contributed by atoms with Gasteiger partial charge in [-0.2, -0.15) is 0 Å². The van der Waals surface area contributed by atoms with Crippen LogP contribution in [0.1, 0.15) is 24.1 Å². The fraction of sp³-hybridized carbons (Fsp3) is 0.267. The smallest absolute Gasteiger partial charge is 0.126 e. The van der Waals surface area contributed by atoms with Gasteiger partial charge in [0.1, 0.15) is 17.5 Å². The van der Waals surface area contributed by atoms with E-state index in [0.717, 1.165) is 11.6 Å². The van der Waals surface area contributed by atoms with Crippen LogP contribution in [0, 0.1) is 11.6 Å². The first-order valence-electron chi connectivity index (χ1n) is 6.48. The SMILES string of the molecule is CCNC(Cc1ccnc(N)c1)c1cc(F)cc(F)c1. The minimum absolute atomic E-state index is 0.174. The van der Waals surface area contributed by atoms with Crippen LogP contribution >= 0.6 is 0 Å². The largest absolute Gasteiger partial charge is 0.384 e. The van der Waals surface area contributed by atoms with Gasteiger partial charge in [0.15, 0.2) is 0 Å². The van der Waals surface area contributed by atoms with Crippen molar-refractivity contribution in [1.82, 2.24) is 10.3 Å². The molecular weight excluding hydrogens is 260 g/mol. The molecule has 0 bridgehead atoms. The summed E-state index contributed by atoms with van der Waals surface area (Å²) in [5.74, 6) is -0.711. The summed E-state index contributed by atoms with van der Waals surface area (Å²) >= 11 is 0. The highest BCUT2D eigenvalue weighted by Crippen LogP contribution is 2.21. The fourth-order valence-electron chi connectivity index (χ4n) is 2.19. The number of hydrogen-bond donors (Lipinski definition) is 2. The van der Waals surface area contributed by atoms with E-state index in [-0.39, 0.29) is 6.04 Å². The van der Waals surface area contributed by atoms with Gasteiger partial charge in [0.2, 0.25) is 0 Å². The Balaban J connectivity index is 2.26. The highest BCUT2D eigenvalue weighted by atomic mass is 19.1. The molecular formula is C15H17F2N3. The Labute approximate surface area is 116 Å². The maximum Gasteiger partial charge on any atom is 0.126 e. The average molecular weight is 277 g/mol. The van der Waals surface area contributed by atoms with E-state index in [2.05, 4.69) is 10.3 Å². The molecule has 1 aromatic carbocycles. The lowest BCUT2D eigenvalue weighted by Gasteiger charge is -2.19. The summed E-state index contributed by atoms with van der Waals surface area (Å²) in [7, 11) is 0. The molecule has 0 fully saturated rings. The molecule has 1 heterocycles. The second-order valence-corrected chi connectivity index (χ2v) is 4.61. The average Bonchev–Trinajstić information content (AvgIpc) is 2.37. The van der Waals surface area contributed by atoms with Gasteiger partial charge in [-0.15, -0.1) is 0 Å². The number of pyridine rings is 1. The highest BCUT2D eigenvalue weighted by molar-refractivity contribution is 5.33. The van der Waals surface area contributed by atoms with Crippen molar-refractivity contribution in [2.75, 3.05) is 12.3 Å². The van der Waals surface area contributed by atoms with Crippen molar-refractivity contribution in [3.8, 4) is 0 Å². The minimum atomic E-state index is -0.572. The monoisotopic (exact) mass is 277 g/mol. The van der Waals surface area contributed by atoms with Crippen molar-refractivity contribution in [2.24, 2.45) is 0 Å². The molecule has 5 heteroatoms. The second-order valence-electron chi connectivity index (χ2n) is 4.61. The molecule has 0 spiro atoms. The summed E-state index contributed by atoms with van der Waals surface area (Å²) in [4.78, 5) is 3.93. The van der Waals surface area contributed by atoms with Crippen LogP contribution in [-0.4, -0.2) is 11.5 Å². The Morgan fingerprint density at radius 2 is 1.90 bits per heavy atom. The molecule has 3 nitrogen and oxygen atoms in total. The van der Waals surface area contributed by atoms with Crippen molar-refractivity contribution in [3.05, 3.63) is 59.3 Å². The van der Waals surface area contributed by atoms with Crippen LogP contribution in [0.25, 0.3) is 0 Å². The van der Waals surface area contributed by atoms with Gasteiger partial charge in [-0.3, -0.25) is 0 Å². The van der Waals surface area contributed by atoms with Gasteiger partial charge >= 0.3 is 0 Å². The molecule has 3 N–H and O–H groups in total. The van der Waals surface area contributed by atoms with Crippen molar-refractivity contribution < 1.29 is 8.78 Å². The van der Waals surface area contributed by atoms with E-state index in [9.17, 15) is 8.78 Å². The molecule has 1 aromatic heterocycles. The number of benzene rings is 1. The van der Waals surface area contributed by atoms with Crippen LogP contribution in [0.2, 0.25) is 0 Å². The highest BCUT2D eigenvalue weighted by Gasteiger charge is 2.13. The van der Waals surface area contributed by atoms with E-state index in [4.69, 9.17) is 5.73 Å². The summed E-state index contributed by atoms with van der Waals surface area (Å²) in [6.45, 7) is 2.65. The zero-order valence-corrected chi connectivity index (χ0v) is 11.2. The molecule has 0 amide bonds. The van der Waals surface area contributed by atoms with E-state index in [1.807, 2.05) is 13.0 Å². The number of nitrogens with one attached hydrogen (secondary N) is 1. The molecule has 0 aliphatic rings. The number of likely N-dealkylation sites (N-methyl/N-ethyl adjacent to an activating group) is 1. The lowest BCUT2D eigenvalue weighted by molar-refractivity contribution is 0.529. The van der Waals surface area contributed by atoms with Gasteiger partial charge in [-0.05, 0) is 48.4 Å². The number of halogens is 2. The van der Waals surface area contributed by atoms with E-state index in [1.165, 1.54) is 12.1 Å². The molecule has 0 radical (unpaired) electrons. The predicted molar refractivity (Wildman–Crippen MR) is 75.1 cm³/mol. The van der Waals surface area contributed by atoms with Crippen LogP contribution < -0.4 is 11.1 Å². The molecule has 1 atom stereocenters. The zero-order valence-electron chi connectivity index (χ0n) is 11.2. The van der Waals surface area contributed by atoms with Crippen LogP contribution in [0.4, 0.5) is 14.6 Å². The Morgan fingerprint density at radius 3 is 2.50 bits per heavy atom. The Kier molecular flexibility index (Phi) is 4.63. The summed E-state index contributed by atoms with van der Waals surface area (Å²) in [5, 5.41) is 3.23. The minimum Gasteiger partial charge on any atom is -0.384 e. The molecule has 0 aliphatic heterocycles. The first kappa shape index (κ1) is 14.4. The number of anilines is 1. The number of nitrogens with two attached hydrogens (primary N) is 1. The number of hydrogen-bond acceptors (Lipinski definition) is 3. The Bertz CT molecular complexity index is 567. The topological polar surface area (TPSA) is 50.9 Å². The van der Waals surface area contributed by atoms with Crippen molar-refractivity contribution >= 4 is 5.82 Å². The van der Waals surface area contributed by atoms with Gasteiger partial charge in [0, 0.05) is 18.3 Å². The third-order valence-corrected chi connectivity index (χ3v) is 3.02. The number of rotatable bonds is 5. The van der Waals surface area contributed by atoms with Crippen LogP contribution in [-0.2, 0) is 6.42 Å². The first-order chi connectivity index (χ1) is 9.58. The predicted octanol–water partition coefficient (Wildman–Crippen LogP) is 2.84. The van der Waals surface area contributed by atoms with Crippen LogP contribution in [0.5, 0.6) is 0 Å². The van der Waals surface area contributed by atoms with Gasteiger partial charge < -0.3 is 11.1 Å². The van der Waals surface area contributed by atoms with Crippen molar-refractivity contribution in [2.45, 2.75) is 19.4 Å². The third-order valence-electron chi connectivity index (χ3n) is 3.02. The van der Waals surface area contributed by atoms with Crippen molar-refractivity contribution in [1.29, 1.82) is 0 Å². The lowest BCUT2D eigenvalue weighted by Crippen LogP contribution is -2.23. The maximum atomic E-state index is 13.3. The molecule has 106 valence electrons. The lowest BCUT2D eigenvalue weighted by atomic mass is 9.99. The summed E-state index contributed by atoms with van der Waals surface area (Å²) in [6, 6.07) is 7.00. The normalized spacial score (nSPS) is 12.3.